The molecule has 2 aliphatic carbocycles. The molecular formula is C19H23ClO2. The minimum Gasteiger partial charge on any atom is -0.497 e. The van der Waals surface area contributed by atoms with E-state index in [1.165, 1.54) is 25.7 Å². The number of ether oxygens (including phenoxy) is 1. The number of benzene rings is 1. The summed E-state index contributed by atoms with van der Waals surface area (Å²) in [6.07, 6.45) is 8.99. The molecule has 2 nitrogen and oxygen atoms in total. The van der Waals surface area contributed by atoms with E-state index in [4.69, 9.17) is 16.3 Å². The van der Waals surface area contributed by atoms with Crippen LogP contribution in [0.4, 0.5) is 0 Å². The highest BCUT2D eigenvalue weighted by atomic mass is 35.5. The molecule has 22 heavy (non-hydrogen) atoms. The van der Waals surface area contributed by atoms with Gasteiger partial charge in [0.05, 0.1) is 12.5 Å². The van der Waals surface area contributed by atoms with Crippen LogP contribution in [0.15, 0.2) is 29.8 Å². The van der Waals surface area contributed by atoms with Crippen molar-refractivity contribution in [3.63, 3.8) is 0 Å². The van der Waals surface area contributed by atoms with Crippen LogP contribution < -0.4 is 4.74 Å². The molecule has 3 rings (SSSR count). The van der Waals surface area contributed by atoms with Crippen LogP contribution >= 0.6 is 11.6 Å². The quantitative estimate of drug-likeness (QED) is 0.588. The van der Waals surface area contributed by atoms with Crippen LogP contribution in [-0.4, -0.2) is 18.3 Å². The molecule has 3 heteroatoms. The molecule has 0 heterocycles. The third-order valence-corrected chi connectivity index (χ3v) is 5.47. The van der Waals surface area contributed by atoms with Crippen molar-refractivity contribution in [1.82, 2.24) is 0 Å². The second-order valence-electron chi connectivity index (χ2n) is 6.52. The van der Waals surface area contributed by atoms with Crippen LogP contribution in [-0.2, 0) is 4.79 Å². The van der Waals surface area contributed by atoms with Gasteiger partial charge < -0.3 is 4.74 Å². The summed E-state index contributed by atoms with van der Waals surface area (Å²) in [5.74, 6) is 2.24. The van der Waals surface area contributed by atoms with Crippen molar-refractivity contribution >= 4 is 23.5 Å². The van der Waals surface area contributed by atoms with Crippen LogP contribution in [0.5, 0.6) is 5.75 Å². The molecule has 2 atom stereocenters. The number of Topliss-reactive ketones (excluding diaryl/α,β-unsaturated/α-hetero) is 1. The number of allylic oxidation sites excluding steroid dienone is 1. The molecule has 118 valence electrons. The highest BCUT2D eigenvalue weighted by Gasteiger charge is 2.35. The summed E-state index contributed by atoms with van der Waals surface area (Å²) in [6, 6.07) is 7.83. The van der Waals surface area contributed by atoms with Crippen LogP contribution in [0.3, 0.4) is 0 Å². The predicted octanol–water partition coefficient (Wildman–Crippen LogP) is 4.86. The van der Waals surface area contributed by atoms with Crippen LogP contribution in [0, 0.1) is 11.8 Å². The molecular weight excluding hydrogens is 296 g/mol. The Morgan fingerprint density at radius 2 is 2.00 bits per heavy atom. The first kappa shape index (κ1) is 15.6. The zero-order chi connectivity index (χ0) is 15.5. The Morgan fingerprint density at radius 3 is 2.73 bits per heavy atom. The number of hydrogen-bond donors (Lipinski definition) is 0. The van der Waals surface area contributed by atoms with Crippen molar-refractivity contribution in [3.8, 4) is 5.75 Å². The van der Waals surface area contributed by atoms with Gasteiger partial charge in [-0.05, 0) is 54.0 Å². The first-order valence-corrected chi connectivity index (χ1v) is 8.64. The lowest BCUT2D eigenvalue weighted by Crippen LogP contribution is -2.30. The number of methoxy groups -OCH3 is 1. The first-order valence-electron chi connectivity index (χ1n) is 8.20. The first-order chi connectivity index (χ1) is 10.7. The maximum Gasteiger partial charge on any atom is 0.176 e. The van der Waals surface area contributed by atoms with Crippen molar-refractivity contribution < 1.29 is 9.53 Å². The Morgan fingerprint density at radius 1 is 1.23 bits per heavy atom. The van der Waals surface area contributed by atoms with E-state index in [1.807, 2.05) is 30.3 Å². The fourth-order valence-electron chi connectivity index (χ4n) is 3.89. The molecule has 0 N–H and O–H groups in total. The smallest absolute Gasteiger partial charge is 0.176 e. The van der Waals surface area contributed by atoms with Gasteiger partial charge in [-0.15, -0.1) is 11.6 Å². The van der Waals surface area contributed by atoms with Gasteiger partial charge in [-0.2, -0.15) is 0 Å². The van der Waals surface area contributed by atoms with E-state index in [0.717, 1.165) is 35.6 Å². The Balaban J connectivity index is 1.82. The van der Waals surface area contributed by atoms with Crippen molar-refractivity contribution in [1.29, 1.82) is 0 Å². The highest BCUT2D eigenvalue weighted by molar-refractivity contribution is 6.34. The van der Waals surface area contributed by atoms with E-state index < -0.39 is 0 Å². The number of alkyl halides is 1. The summed E-state index contributed by atoms with van der Waals surface area (Å²) in [6.45, 7) is 0. The summed E-state index contributed by atoms with van der Waals surface area (Å²) < 4.78 is 5.25. The average Bonchev–Trinajstić information content (AvgIpc) is 3.06. The maximum atomic E-state index is 12.4. The molecule has 0 aliphatic heterocycles. The van der Waals surface area contributed by atoms with Gasteiger partial charge in [-0.1, -0.05) is 37.8 Å². The van der Waals surface area contributed by atoms with Crippen LogP contribution in [0.1, 0.15) is 44.1 Å². The Bertz CT molecular complexity index is 573. The summed E-state index contributed by atoms with van der Waals surface area (Å²) in [4.78, 5) is 12.4. The summed E-state index contributed by atoms with van der Waals surface area (Å²) in [5, 5.41) is -0.351. The lowest BCUT2D eigenvalue weighted by Gasteiger charge is -2.31. The number of carbonyl (C=O) groups is 1. The average molecular weight is 319 g/mol. The van der Waals surface area contributed by atoms with Gasteiger partial charge in [0.1, 0.15) is 5.75 Å². The number of halogens is 1. The number of hydrogen-bond acceptors (Lipinski definition) is 2. The van der Waals surface area contributed by atoms with Gasteiger partial charge in [0.15, 0.2) is 5.78 Å². The number of ketones is 1. The molecule has 0 spiro atoms. The fourth-order valence-corrected chi connectivity index (χ4v) is 4.26. The second-order valence-corrected chi connectivity index (χ2v) is 7.05. The van der Waals surface area contributed by atoms with Crippen molar-refractivity contribution in [2.75, 3.05) is 7.11 Å². The van der Waals surface area contributed by atoms with Crippen LogP contribution in [0.25, 0.3) is 6.08 Å². The van der Waals surface area contributed by atoms with E-state index >= 15 is 0 Å². The van der Waals surface area contributed by atoms with Crippen LogP contribution in [0.2, 0.25) is 0 Å². The van der Waals surface area contributed by atoms with Gasteiger partial charge >= 0.3 is 0 Å². The van der Waals surface area contributed by atoms with Gasteiger partial charge in [0.2, 0.25) is 0 Å². The second kappa shape index (κ2) is 6.87. The summed E-state index contributed by atoms with van der Waals surface area (Å²) in [5.41, 5.74) is 1.90. The topological polar surface area (TPSA) is 26.3 Å². The molecule has 0 bridgehead atoms. The van der Waals surface area contributed by atoms with Gasteiger partial charge in [0.25, 0.3) is 0 Å². The zero-order valence-electron chi connectivity index (χ0n) is 13.1. The largest absolute Gasteiger partial charge is 0.497 e. The molecule has 1 aromatic rings. The lowest BCUT2D eigenvalue weighted by atomic mass is 9.76. The number of carbonyl (C=O) groups excluding carboxylic acids is 1. The summed E-state index contributed by atoms with van der Waals surface area (Å²) in [7, 11) is 1.66. The Labute approximate surface area is 137 Å². The molecule has 2 saturated carbocycles. The van der Waals surface area contributed by atoms with E-state index in [9.17, 15) is 4.79 Å². The molecule has 2 aliphatic rings. The normalized spacial score (nSPS) is 28.3. The van der Waals surface area contributed by atoms with Gasteiger partial charge in [-0.25, -0.2) is 0 Å². The third kappa shape index (κ3) is 3.38. The van der Waals surface area contributed by atoms with E-state index in [0.29, 0.717) is 5.92 Å². The van der Waals surface area contributed by atoms with E-state index in [-0.39, 0.29) is 11.2 Å². The molecule has 0 amide bonds. The highest BCUT2D eigenvalue weighted by Crippen LogP contribution is 2.41. The minimum absolute atomic E-state index is 0.110. The predicted molar refractivity (Wildman–Crippen MR) is 90.3 cm³/mol. The van der Waals surface area contributed by atoms with Crippen molar-refractivity contribution in [2.24, 2.45) is 11.8 Å². The molecule has 2 unspecified atom stereocenters. The molecule has 0 radical (unpaired) electrons. The Kier molecular flexibility index (Phi) is 4.87. The molecule has 0 aromatic heterocycles. The third-order valence-electron chi connectivity index (χ3n) is 5.09. The van der Waals surface area contributed by atoms with Gasteiger partial charge in [-0.3, -0.25) is 4.79 Å². The minimum atomic E-state index is -0.351. The van der Waals surface area contributed by atoms with Gasteiger partial charge in [0, 0.05) is 0 Å². The maximum absolute atomic E-state index is 12.4. The Hall–Kier alpha value is -1.28. The zero-order valence-corrected chi connectivity index (χ0v) is 13.8. The monoisotopic (exact) mass is 318 g/mol. The van der Waals surface area contributed by atoms with Crippen molar-refractivity contribution in [3.05, 3.63) is 35.4 Å². The lowest BCUT2D eigenvalue weighted by molar-refractivity contribution is -0.116. The fraction of sp³-hybridized carbons (Fsp3) is 0.526. The standard InChI is InChI=1S/C19H23ClO2/c1-22-17-8-4-5-13(10-17)9-16-11-15(12-18(20)19(16)21)14-6-2-3-7-14/h4-5,8-10,14-15,18H,2-3,6-7,11-12H2,1H3. The van der Waals surface area contributed by atoms with Crippen molar-refractivity contribution in [2.45, 2.75) is 43.9 Å². The molecule has 0 saturated heterocycles. The summed E-state index contributed by atoms with van der Waals surface area (Å²) >= 11 is 6.34. The van der Waals surface area contributed by atoms with E-state index in [2.05, 4.69) is 0 Å². The van der Waals surface area contributed by atoms with E-state index in [1.54, 1.807) is 7.11 Å². The molecule has 2 fully saturated rings. The number of rotatable bonds is 3. The SMILES string of the molecule is COc1cccc(C=C2CC(C3CCCC3)CC(Cl)C2=O)c1. The molecule has 1 aromatic carbocycles.